The van der Waals surface area contributed by atoms with E-state index in [0.717, 1.165) is 37.2 Å². The molecule has 2 rings (SSSR count). The van der Waals surface area contributed by atoms with Crippen LogP contribution in [0.3, 0.4) is 0 Å². The van der Waals surface area contributed by atoms with Crippen LogP contribution in [0.25, 0.3) is 0 Å². The van der Waals surface area contributed by atoms with Gasteiger partial charge in [0.15, 0.2) is 6.29 Å². The number of hydrogen-bond donors (Lipinski definition) is 0. The van der Waals surface area contributed by atoms with Crippen LogP contribution in [0.1, 0.15) is 37.7 Å². The third-order valence-electron chi connectivity index (χ3n) is 3.32. The Morgan fingerprint density at radius 2 is 2.26 bits per heavy atom. The van der Waals surface area contributed by atoms with Gasteiger partial charge in [0.25, 0.3) is 0 Å². The molecule has 19 heavy (non-hydrogen) atoms. The largest absolute Gasteiger partial charge is 0.469 e. The van der Waals surface area contributed by atoms with Crippen molar-refractivity contribution in [1.29, 1.82) is 0 Å². The van der Waals surface area contributed by atoms with E-state index in [-0.39, 0.29) is 18.2 Å². The zero-order valence-corrected chi connectivity index (χ0v) is 11.4. The zero-order chi connectivity index (χ0) is 13.7. The van der Waals surface area contributed by atoms with E-state index in [4.69, 9.17) is 14.2 Å². The average Bonchev–Trinajstić information content (AvgIpc) is 2.47. The molecule has 1 saturated heterocycles. The smallest absolute Gasteiger partial charge is 0.312 e. The number of carbonyl (C=O) groups excluding carboxylic acids is 1. The summed E-state index contributed by atoms with van der Waals surface area (Å²) in [5, 5.41) is 0. The summed E-state index contributed by atoms with van der Waals surface area (Å²) in [4.78, 5) is 11.5. The van der Waals surface area contributed by atoms with E-state index in [2.05, 4.69) is 0 Å². The molecule has 1 aliphatic heterocycles. The topological polar surface area (TPSA) is 44.8 Å². The summed E-state index contributed by atoms with van der Waals surface area (Å²) in [6.45, 7) is 2.57. The van der Waals surface area contributed by atoms with Crippen LogP contribution in [0, 0.1) is 0 Å². The van der Waals surface area contributed by atoms with Crippen molar-refractivity contribution < 1.29 is 19.0 Å². The van der Waals surface area contributed by atoms with E-state index in [9.17, 15) is 4.79 Å². The van der Waals surface area contributed by atoms with E-state index >= 15 is 0 Å². The van der Waals surface area contributed by atoms with Gasteiger partial charge in [-0.2, -0.15) is 0 Å². The lowest BCUT2D eigenvalue weighted by molar-refractivity contribution is -0.141. The normalized spacial score (nSPS) is 20.6. The van der Waals surface area contributed by atoms with Crippen molar-refractivity contribution in [3.63, 3.8) is 0 Å². The second-order valence-corrected chi connectivity index (χ2v) is 4.73. The molecule has 2 atom stereocenters. The molecular formula is C15H20O4. The molecule has 1 fully saturated rings. The van der Waals surface area contributed by atoms with Gasteiger partial charge in [0, 0.05) is 6.42 Å². The summed E-state index contributed by atoms with van der Waals surface area (Å²) in [5.41, 5.74) is 0.889. The minimum absolute atomic E-state index is 0.169. The Labute approximate surface area is 113 Å². The minimum Gasteiger partial charge on any atom is -0.469 e. The van der Waals surface area contributed by atoms with E-state index in [1.807, 2.05) is 31.2 Å². The van der Waals surface area contributed by atoms with Crippen molar-refractivity contribution in [1.82, 2.24) is 0 Å². The molecule has 0 saturated carbocycles. The number of rotatable bonds is 4. The Hall–Kier alpha value is -1.55. The van der Waals surface area contributed by atoms with Crippen LogP contribution in [-0.4, -0.2) is 26.0 Å². The predicted octanol–water partition coefficient (Wildman–Crippen LogP) is 2.87. The van der Waals surface area contributed by atoms with Crippen molar-refractivity contribution >= 4 is 5.97 Å². The fraction of sp³-hybridized carbons (Fsp3) is 0.533. The van der Waals surface area contributed by atoms with Crippen LogP contribution in [0.4, 0.5) is 0 Å². The standard InChI is InChI=1S/C15H20O4/c1-11(15(16)17-2)12-6-5-7-13(10-12)19-14-8-3-4-9-18-14/h5-7,10-11,14H,3-4,8-9H2,1-2H3. The summed E-state index contributed by atoms with van der Waals surface area (Å²) < 4.78 is 16.1. The third-order valence-corrected chi connectivity index (χ3v) is 3.32. The predicted molar refractivity (Wildman–Crippen MR) is 71.1 cm³/mol. The Morgan fingerprint density at radius 3 is 2.95 bits per heavy atom. The summed E-state index contributed by atoms with van der Waals surface area (Å²) >= 11 is 0. The zero-order valence-electron chi connectivity index (χ0n) is 11.4. The fourth-order valence-electron chi connectivity index (χ4n) is 2.13. The van der Waals surface area contributed by atoms with Crippen LogP contribution in [0.15, 0.2) is 24.3 Å². The Morgan fingerprint density at radius 1 is 1.42 bits per heavy atom. The molecule has 1 aromatic carbocycles. The van der Waals surface area contributed by atoms with Crippen molar-refractivity contribution in [2.24, 2.45) is 0 Å². The van der Waals surface area contributed by atoms with E-state index in [1.165, 1.54) is 7.11 Å². The van der Waals surface area contributed by atoms with Gasteiger partial charge in [0.2, 0.25) is 0 Å². The van der Waals surface area contributed by atoms with Gasteiger partial charge >= 0.3 is 5.97 Å². The molecule has 0 amide bonds. The monoisotopic (exact) mass is 264 g/mol. The molecule has 4 heteroatoms. The van der Waals surface area contributed by atoms with Crippen molar-refractivity contribution in [3.05, 3.63) is 29.8 Å². The van der Waals surface area contributed by atoms with Gasteiger partial charge in [-0.15, -0.1) is 0 Å². The van der Waals surface area contributed by atoms with Crippen molar-refractivity contribution in [3.8, 4) is 5.75 Å². The minimum atomic E-state index is -0.291. The molecular weight excluding hydrogens is 244 g/mol. The van der Waals surface area contributed by atoms with Gasteiger partial charge in [-0.3, -0.25) is 4.79 Å². The Bertz CT molecular complexity index is 424. The van der Waals surface area contributed by atoms with E-state index in [0.29, 0.717) is 0 Å². The van der Waals surface area contributed by atoms with Crippen LogP contribution in [-0.2, 0) is 14.3 Å². The van der Waals surface area contributed by atoms with Crippen LogP contribution < -0.4 is 4.74 Å². The first kappa shape index (κ1) is 13.9. The molecule has 0 bridgehead atoms. The highest BCUT2D eigenvalue weighted by Gasteiger charge is 2.18. The second kappa shape index (κ2) is 6.57. The first-order valence-electron chi connectivity index (χ1n) is 6.67. The molecule has 4 nitrogen and oxygen atoms in total. The molecule has 1 aliphatic rings. The van der Waals surface area contributed by atoms with E-state index in [1.54, 1.807) is 0 Å². The summed E-state index contributed by atoms with van der Waals surface area (Å²) in [6, 6.07) is 7.54. The highest BCUT2D eigenvalue weighted by Crippen LogP contribution is 2.24. The quantitative estimate of drug-likeness (QED) is 0.784. The number of ether oxygens (including phenoxy) is 3. The number of benzene rings is 1. The second-order valence-electron chi connectivity index (χ2n) is 4.73. The summed E-state index contributed by atoms with van der Waals surface area (Å²) in [7, 11) is 1.40. The van der Waals surface area contributed by atoms with Gasteiger partial charge in [0.05, 0.1) is 19.6 Å². The summed E-state index contributed by atoms with van der Waals surface area (Å²) in [5.74, 6) is 0.201. The lowest BCUT2D eigenvalue weighted by atomic mass is 10.0. The van der Waals surface area contributed by atoms with Gasteiger partial charge in [-0.25, -0.2) is 0 Å². The molecule has 0 N–H and O–H groups in total. The SMILES string of the molecule is COC(=O)C(C)c1cccc(OC2CCCCO2)c1. The van der Waals surface area contributed by atoms with Crippen LogP contribution in [0.5, 0.6) is 5.75 Å². The number of methoxy groups -OCH3 is 1. The lowest BCUT2D eigenvalue weighted by Crippen LogP contribution is -2.25. The molecule has 0 spiro atoms. The molecule has 1 aromatic rings. The van der Waals surface area contributed by atoms with Crippen LogP contribution >= 0.6 is 0 Å². The highest BCUT2D eigenvalue weighted by molar-refractivity contribution is 5.77. The van der Waals surface area contributed by atoms with Gasteiger partial charge in [-0.05, 0) is 37.5 Å². The molecule has 0 aromatic heterocycles. The highest BCUT2D eigenvalue weighted by atomic mass is 16.7. The Balaban J connectivity index is 2.03. The molecule has 2 unspecified atom stereocenters. The lowest BCUT2D eigenvalue weighted by Gasteiger charge is -2.23. The number of hydrogen-bond acceptors (Lipinski definition) is 4. The first-order chi connectivity index (χ1) is 9.20. The van der Waals surface area contributed by atoms with E-state index < -0.39 is 0 Å². The van der Waals surface area contributed by atoms with Crippen LogP contribution in [0.2, 0.25) is 0 Å². The molecule has 0 radical (unpaired) electrons. The third kappa shape index (κ3) is 3.70. The van der Waals surface area contributed by atoms with Gasteiger partial charge in [0.1, 0.15) is 5.75 Å². The maximum absolute atomic E-state index is 11.5. The number of esters is 1. The maximum Gasteiger partial charge on any atom is 0.312 e. The van der Waals surface area contributed by atoms with Crippen molar-refractivity contribution in [2.45, 2.75) is 38.4 Å². The summed E-state index contributed by atoms with van der Waals surface area (Å²) in [6.07, 6.45) is 2.97. The maximum atomic E-state index is 11.5. The molecule has 0 aliphatic carbocycles. The Kier molecular flexibility index (Phi) is 4.80. The molecule has 104 valence electrons. The first-order valence-corrected chi connectivity index (χ1v) is 6.67. The van der Waals surface area contributed by atoms with Gasteiger partial charge < -0.3 is 14.2 Å². The number of carbonyl (C=O) groups is 1. The van der Waals surface area contributed by atoms with Gasteiger partial charge in [-0.1, -0.05) is 12.1 Å². The molecule has 1 heterocycles. The fourth-order valence-corrected chi connectivity index (χ4v) is 2.13. The average molecular weight is 264 g/mol. The van der Waals surface area contributed by atoms with Crippen molar-refractivity contribution in [2.75, 3.05) is 13.7 Å².